The van der Waals surface area contributed by atoms with Crippen molar-refractivity contribution in [1.82, 2.24) is 4.98 Å². The van der Waals surface area contributed by atoms with Crippen molar-refractivity contribution in [2.45, 2.75) is 20.8 Å². The van der Waals surface area contributed by atoms with Gasteiger partial charge in [0, 0.05) is 30.6 Å². The summed E-state index contributed by atoms with van der Waals surface area (Å²) in [5, 5.41) is 11.6. The summed E-state index contributed by atoms with van der Waals surface area (Å²) in [6.07, 6.45) is 3.02. The molecular formula is C20H23N3O5S. The summed E-state index contributed by atoms with van der Waals surface area (Å²) >= 11 is 1.15. The van der Waals surface area contributed by atoms with Crippen molar-refractivity contribution in [3.8, 4) is 0 Å². The number of nitrogens with zero attached hydrogens (tertiary/aromatic N) is 2. The highest BCUT2D eigenvalue weighted by atomic mass is 32.1. The van der Waals surface area contributed by atoms with Crippen molar-refractivity contribution in [2.24, 2.45) is 5.41 Å². The number of ether oxygens (including phenoxy) is 1. The molecule has 9 heteroatoms. The highest BCUT2D eigenvalue weighted by Gasteiger charge is 2.22. The Labute approximate surface area is 171 Å². The zero-order valence-electron chi connectivity index (χ0n) is 16.6. The van der Waals surface area contributed by atoms with Gasteiger partial charge in [0.2, 0.25) is 0 Å². The fourth-order valence-electron chi connectivity index (χ4n) is 2.86. The second-order valence-electron chi connectivity index (χ2n) is 7.79. The van der Waals surface area contributed by atoms with Crippen molar-refractivity contribution < 1.29 is 14.5 Å². The molecule has 1 aromatic carbocycles. The van der Waals surface area contributed by atoms with Gasteiger partial charge in [0.1, 0.15) is 5.69 Å². The van der Waals surface area contributed by atoms with E-state index in [2.05, 4.69) is 4.98 Å². The number of carbonyl (C=O) groups is 1. The van der Waals surface area contributed by atoms with Gasteiger partial charge in [0.15, 0.2) is 5.78 Å². The third-order valence-corrected chi connectivity index (χ3v) is 5.49. The first-order valence-electron chi connectivity index (χ1n) is 9.23. The Morgan fingerprint density at radius 1 is 1.31 bits per heavy atom. The van der Waals surface area contributed by atoms with E-state index in [1.54, 1.807) is 39.0 Å². The standard InChI is InChI=1S/C20H23N3O5S/c1-20(2,3)17(24)12-18-21-19(25)16(29-18)11-13-4-5-14(15(10-13)23(26)27)22-6-8-28-9-7-22/h4-5,10-12H,6-9H2,1-3H3,(H,21,25)/b16-11+,18-12+. The lowest BCUT2D eigenvalue weighted by atomic mass is 9.91. The minimum Gasteiger partial charge on any atom is -0.378 e. The minimum absolute atomic E-state index is 0.0108. The number of nitrogens with one attached hydrogen (secondary N) is 1. The number of anilines is 1. The maximum absolute atomic E-state index is 12.2. The van der Waals surface area contributed by atoms with E-state index in [1.165, 1.54) is 12.1 Å². The molecule has 0 unspecified atom stereocenters. The van der Waals surface area contributed by atoms with Crippen LogP contribution in [-0.4, -0.2) is 42.0 Å². The van der Waals surface area contributed by atoms with Gasteiger partial charge in [-0.2, -0.15) is 0 Å². The first-order chi connectivity index (χ1) is 13.6. The van der Waals surface area contributed by atoms with Gasteiger partial charge < -0.3 is 14.6 Å². The molecule has 0 spiro atoms. The van der Waals surface area contributed by atoms with E-state index in [-0.39, 0.29) is 17.0 Å². The molecule has 1 aromatic heterocycles. The maximum Gasteiger partial charge on any atom is 0.293 e. The lowest BCUT2D eigenvalue weighted by Gasteiger charge is -2.28. The molecule has 0 saturated carbocycles. The van der Waals surface area contributed by atoms with E-state index in [1.807, 2.05) is 4.90 Å². The number of rotatable bonds is 4. The molecule has 0 atom stereocenters. The van der Waals surface area contributed by atoms with Crippen LogP contribution in [0.15, 0.2) is 23.0 Å². The van der Waals surface area contributed by atoms with Gasteiger partial charge in [-0.1, -0.05) is 26.8 Å². The van der Waals surface area contributed by atoms with Crippen LogP contribution in [0.4, 0.5) is 11.4 Å². The minimum atomic E-state index is -0.541. The molecule has 0 radical (unpaired) electrons. The van der Waals surface area contributed by atoms with Gasteiger partial charge in [-0.05, 0) is 17.7 Å². The lowest BCUT2D eigenvalue weighted by molar-refractivity contribution is -0.384. The van der Waals surface area contributed by atoms with Crippen molar-refractivity contribution in [1.29, 1.82) is 0 Å². The van der Waals surface area contributed by atoms with E-state index >= 15 is 0 Å². The number of nitro benzene ring substituents is 1. The molecule has 154 valence electrons. The number of aromatic amines is 1. The zero-order chi connectivity index (χ0) is 21.2. The number of ketones is 1. The van der Waals surface area contributed by atoms with Crippen LogP contribution in [-0.2, 0) is 9.53 Å². The van der Waals surface area contributed by atoms with Crippen LogP contribution in [0.2, 0.25) is 0 Å². The monoisotopic (exact) mass is 417 g/mol. The quantitative estimate of drug-likeness (QED) is 0.596. The van der Waals surface area contributed by atoms with Crippen LogP contribution < -0.4 is 19.7 Å². The van der Waals surface area contributed by atoms with E-state index < -0.39 is 10.3 Å². The average molecular weight is 417 g/mol. The average Bonchev–Trinajstić information content (AvgIpc) is 3.00. The van der Waals surface area contributed by atoms with Crippen LogP contribution >= 0.6 is 11.3 Å². The van der Waals surface area contributed by atoms with Gasteiger partial charge in [-0.25, -0.2) is 0 Å². The number of nitro groups is 1. The Morgan fingerprint density at radius 2 is 2.00 bits per heavy atom. The van der Waals surface area contributed by atoms with Crippen molar-refractivity contribution in [3.05, 3.63) is 53.4 Å². The molecule has 1 N–H and O–H groups in total. The second-order valence-corrected chi connectivity index (χ2v) is 8.88. The molecule has 0 aliphatic carbocycles. The largest absolute Gasteiger partial charge is 0.378 e. The second kappa shape index (κ2) is 8.30. The Kier molecular flexibility index (Phi) is 5.99. The summed E-state index contributed by atoms with van der Waals surface area (Å²) in [4.78, 5) is 40.2. The lowest BCUT2D eigenvalue weighted by Crippen LogP contribution is -2.36. The number of hydrogen-bond donors (Lipinski definition) is 1. The number of hydrogen-bond acceptors (Lipinski definition) is 7. The Morgan fingerprint density at radius 3 is 2.62 bits per heavy atom. The Hall–Kier alpha value is -2.78. The summed E-state index contributed by atoms with van der Waals surface area (Å²) in [7, 11) is 0. The molecule has 0 amide bonds. The van der Waals surface area contributed by atoms with Gasteiger partial charge in [0.25, 0.3) is 11.2 Å². The first-order valence-corrected chi connectivity index (χ1v) is 10.0. The van der Waals surface area contributed by atoms with E-state index in [0.717, 1.165) is 11.3 Å². The first kappa shape index (κ1) is 20.9. The molecule has 1 saturated heterocycles. The SMILES string of the molecule is CC(C)(C)C(=O)/C=c1\[nH]c(=O)/c(=C\c2ccc(N3CCOCC3)c([N+](=O)[O-])c2)s1. The zero-order valence-corrected chi connectivity index (χ0v) is 17.4. The number of Topliss-reactive ketones (excluding diaryl/α,β-unsaturated/α-hetero) is 1. The highest BCUT2D eigenvalue weighted by molar-refractivity contribution is 7.07. The highest BCUT2D eigenvalue weighted by Crippen LogP contribution is 2.30. The van der Waals surface area contributed by atoms with E-state index in [9.17, 15) is 19.7 Å². The molecule has 3 rings (SSSR count). The number of H-pyrrole nitrogens is 1. The number of benzene rings is 1. The van der Waals surface area contributed by atoms with Gasteiger partial charge in [-0.15, -0.1) is 11.3 Å². The third kappa shape index (κ3) is 4.99. The summed E-state index contributed by atoms with van der Waals surface area (Å²) in [6.45, 7) is 7.66. The molecular weight excluding hydrogens is 394 g/mol. The van der Waals surface area contributed by atoms with Crippen LogP contribution in [0.3, 0.4) is 0 Å². The molecule has 0 bridgehead atoms. The van der Waals surface area contributed by atoms with Crippen molar-refractivity contribution in [3.63, 3.8) is 0 Å². The van der Waals surface area contributed by atoms with Crippen molar-refractivity contribution >= 4 is 40.6 Å². The predicted molar refractivity (Wildman–Crippen MR) is 113 cm³/mol. The molecule has 2 aromatic rings. The smallest absolute Gasteiger partial charge is 0.293 e. The molecule has 8 nitrogen and oxygen atoms in total. The van der Waals surface area contributed by atoms with Crippen LogP contribution in [0.1, 0.15) is 26.3 Å². The van der Waals surface area contributed by atoms with E-state index in [0.29, 0.717) is 46.7 Å². The summed E-state index contributed by atoms with van der Waals surface area (Å²) in [5.74, 6) is -0.0907. The van der Waals surface area contributed by atoms with Gasteiger partial charge in [0.05, 0.1) is 27.3 Å². The molecule has 1 aliphatic heterocycles. The number of aromatic nitrogens is 1. The Bertz CT molecular complexity index is 1100. The predicted octanol–water partition coefficient (Wildman–Crippen LogP) is 1.41. The van der Waals surface area contributed by atoms with Crippen LogP contribution in [0, 0.1) is 15.5 Å². The molecule has 1 aliphatic rings. The fourth-order valence-corrected chi connectivity index (χ4v) is 3.74. The Balaban J connectivity index is 2.00. The number of morpholine rings is 1. The van der Waals surface area contributed by atoms with E-state index in [4.69, 9.17) is 4.74 Å². The third-order valence-electron chi connectivity index (χ3n) is 4.53. The maximum atomic E-state index is 12.2. The van der Waals surface area contributed by atoms with Crippen LogP contribution in [0.25, 0.3) is 12.2 Å². The normalized spacial score (nSPS) is 16.3. The van der Waals surface area contributed by atoms with Gasteiger partial charge in [-0.3, -0.25) is 19.7 Å². The molecule has 29 heavy (non-hydrogen) atoms. The van der Waals surface area contributed by atoms with Crippen molar-refractivity contribution in [2.75, 3.05) is 31.2 Å². The summed E-state index contributed by atoms with van der Waals surface area (Å²) in [6, 6.07) is 4.92. The molecule has 2 heterocycles. The summed E-state index contributed by atoms with van der Waals surface area (Å²) < 4.78 is 6.15. The molecule has 1 fully saturated rings. The number of thiazole rings is 1. The topological polar surface area (TPSA) is 106 Å². The number of carbonyl (C=O) groups excluding carboxylic acids is 1. The summed E-state index contributed by atoms with van der Waals surface area (Å²) in [5.41, 5.74) is 0.210. The van der Waals surface area contributed by atoms with Gasteiger partial charge >= 0.3 is 0 Å². The van der Waals surface area contributed by atoms with Crippen LogP contribution in [0.5, 0.6) is 0 Å². The fraction of sp³-hybridized carbons (Fsp3) is 0.400.